The average molecular weight is 385 g/mol. The Labute approximate surface area is 147 Å². The minimum Gasteiger partial charge on any atom is -0.481 e. The van der Waals surface area contributed by atoms with Crippen molar-refractivity contribution in [1.29, 1.82) is 0 Å². The molecule has 10 heteroatoms. The molecule has 2 aromatic rings. The molecule has 0 aliphatic carbocycles. The second kappa shape index (κ2) is 8.01. The molecule has 2 aromatic carbocycles. The van der Waals surface area contributed by atoms with Crippen molar-refractivity contribution in [3.63, 3.8) is 0 Å². The van der Waals surface area contributed by atoms with Crippen molar-refractivity contribution < 1.29 is 34.4 Å². The molecule has 1 heterocycles. The van der Waals surface area contributed by atoms with Gasteiger partial charge in [0, 0.05) is 16.2 Å². The molecule has 134 valence electrons. The second-order valence-electron chi connectivity index (χ2n) is 5.05. The van der Waals surface area contributed by atoms with Gasteiger partial charge in [0.2, 0.25) is 0 Å². The van der Waals surface area contributed by atoms with E-state index in [9.17, 15) is 10.0 Å². The van der Waals surface area contributed by atoms with Crippen LogP contribution in [0, 0.1) is 0 Å². The van der Waals surface area contributed by atoms with Crippen molar-refractivity contribution in [3.05, 3.63) is 48.0 Å². The first-order valence-electron chi connectivity index (χ1n) is 7.04. The number of fused-ring (bicyclic) bond motifs is 2. The summed E-state index contributed by atoms with van der Waals surface area (Å²) in [6.07, 6.45) is 0.453. The number of nitrogens with zero attached hydrogens (tertiary/aromatic N) is 1. The molecular formula is C15H16NO7PS. The fourth-order valence-electron chi connectivity index (χ4n) is 2.29. The lowest BCUT2D eigenvalue weighted by Crippen LogP contribution is -2.17. The van der Waals surface area contributed by atoms with Gasteiger partial charge in [0.05, 0.1) is 11.4 Å². The maximum Gasteiger partial charge on any atom is 0.466 e. The van der Waals surface area contributed by atoms with Crippen molar-refractivity contribution in [1.82, 2.24) is 0 Å². The largest absolute Gasteiger partial charge is 0.481 e. The average Bonchev–Trinajstić information content (AvgIpc) is 2.51. The molecule has 0 bridgehead atoms. The molecule has 0 spiro atoms. The van der Waals surface area contributed by atoms with Gasteiger partial charge in [-0.3, -0.25) is 10.0 Å². The van der Waals surface area contributed by atoms with Crippen LogP contribution in [0.2, 0.25) is 0 Å². The molecule has 3 rings (SSSR count). The van der Waals surface area contributed by atoms with Crippen LogP contribution in [-0.4, -0.2) is 31.0 Å². The van der Waals surface area contributed by atoms with E-state index < -0.39 is 13.8 Å². The summed E-state index contributed by atoms with van der Waals surface area (Å²) in [5.74, 6) is -0.837. The van der Waals surface area contributed by atoms with Gasteiger partial charge in [-0.25, -0.2) is 9.63 Å². The van der Waals surface area contributed by atoms with Crippen LogP contribution in [0.1, 0.15) is 12.0 Å². The molecule has 25 heavy (non-hydrogen) atoms. The standard InChI is InChI=1S/C15H13NO3S.H3O4P/c17-14(18)9-8-10-4-3-7-13-15(10)16(19)11-5-1-2-6-12(11)20-13;1-5(2,3)4/h1-7,19H,8-9H2,(H,17,18);(H3,1,2,3,4). The first-order chi connectivity index (χ1) is 11.7. The third-order valence-corrected chi connectivity index (χ3v) is 4.33. The van der Waals surface area contributed by atoms with E-state index in [1.807, 2.05) is 42.5 Å². The first kappa shape index (κ1) is 19.5. The van der Waals surface area contributed by atoms with E-state index >= 15 is 0 Å². The smallest absolute Gasteiger partial charge is 0.466 e. The summed E-state index contributed by atoms with van der Waals surface area (Å²) in [5.41, 5.74) is 2.26. The molecule has 5 N–H and O–H groups in total. The van der Waals surface area contributed by atoms with Gasteiger partial charge < -0.3 is 19.8 Å². The van der Waals surface area contributed by atoms with Crippen LogP contribution in [0.25, 0.3) is 0 Å². The molecule has 0 saturated carbocycles. The predicted octanol–water partition coefficient (Wildman–Crippen LogP) is 2.77. The molecule has 0 amide bonds. The number of carbonyl (C=O) groups is 1. The van der Waals surface area contributed by atoms with Crippen LogP contribution in [0.15, 0.2) is 52.3 Å². The van der Waals surface area contributed by atoms with E-state index in [0.29, 0.717) is 12.1 Å². The maximum absolute atomic E-state index is 10.7. The van der Waals surface area contributed by atoms with Gasteiger partial charge in [-0.1, -0.05) is 36.0 Å². The highest BCUT2D eigenvalue weighted by Crippen LogP contribution is 2.48. The van der Waals surface area contributed by atoms with Crippen molar-refractivity contribution in [2.24, 2.45) is 0 Å². The van der Waals surface area contributed by atoms with E-state index in [1.165, 1.54) is 5.06 Å². The predicted molar refractivity (Wildman–Crippen MR) is 91.2 cm³/mol. The van der Waals surface area contributed by atoms with E-state index in [1.54, 1.807) is 11.8 Å². The van der Waals surface area contributed by atoms with Crippen molar-refractivity contribution in [2.75, 3.05) is 5.06 Å². The summed E-state index contributed by atoms with van der Waals surface area (Å²) in [7, 11) is -4.64. The van der Waals surface area contributed by atoms with E-state index in [2.05, 4.69) is 0 Å². The molecule has 0 aromatic heterocycles. The lowest BCUT2D eigenvalue weighted by molar-refractivity contribution is -0.136. The van der Waals surface area contributed by atoms with Gasteiger partial charge in [0.15, 0.2) is 0 Å². The Balaban J connectivity index is 0.000000399. The third kappa shape index (κ3) is 5.57. The fraction of sp³-hybridized carbons (Fsp3) is 0.133. The minimum absolute atomic E-state index is 0.0522. The number of phosphoric acid groups is 1. The molecule has 0 unspecified atom stereocenters. The number of benzene rings is 2. The zero-order chi connectivity index (χ0) is 18.6. The quantitative estimate of drug-likeness (QED) is 0.505. The van der Waals surface area contributed by atoms with Gasteiger partial charge in [-0.15, -0.1) is 0 Å². The maximum atomic E-state index is 10.7. The highest BCUT2D eigenvalue weighted by atomic mass is 32.2. The Morgan fingerprint density at radius 3 is 2.28 bits per heavy atom. The van der Waals surface area contributed by atoms with Crippen LogP contribution in [0.3, 0.4) is 0 Å². The molecule has 1 aliphatic heterocycles. The van der Waals surface area contributed by atoms with Gasteiger partial charge in [0.1, 0.15) is 0 Å². The molecule has 1 aliphatic rings. The third-order valence-electron chi connectivity index (χ3n) is 3.22. The normalized spacial score (nSPS) is 12.6. The van der Waals surface area contributed by atoms with Crippen LogP contribution in [-0.2, 0) is 15.8 Å². The fourth-order valence-corrected chi connectivity index (χ4v) is 3.39. The molecular weight excluding hydrogens is 369 g/mol. The highest BCUT2D eigenvalue weighted by molar-refractivity contribution is 7.99. The summed E-state index contributed by atoms with van der Waals surface area (Å²) >= 11 is 1.59. The number of rotatable bonds is 3. The Morgan fingerprint density at radius 1 is 1.04 bits per heavy atom. The number of anilines is 2. The second-order valence-corrected chi connectivity index (χ2v) is 7.16. The Bertz CT molecular complexity index is 815. The summed E-state index contributed by atoms with van der Waals surface area (Å²) in [6.45, 7) is 0. The van der Waals surface area contributed by atoms with Crippen LogP contribution < -0.4 is 5.06 Å². The number of carboxylic acids is 1. The summed E-state index contributed by atoms with van der Waals surface area (Å²) in [6, 6.07) is 13.3. The van der Waals surface area contributed by atoms with E-state index in [-0.39, 0.29) is 6.42 Å². The topological polar surface area (TPSA) is 139 Å². The monoisotopic (exact) mass is 385 g/mol. The number of aryl methyl sites for hydroxylation is 1. The Hall–Kier alpha value is -1.87. The molecule has 0 saturated heterocycles. The molecule has 0 fully saturated rings. The number of aliphatic carboxylic acids is 1. The van der Waals surface area contributed by atoms with Crippen LogP contribution in [0.5, 0.6) is 0 Å². The van der Waals surface area contributed by atoms with Crippen molar-refractivity contribution in [3.8, 4) is 0 Å². The van der Waals surface area contributed by atoms with Gasteiger partial charge in [0.25, 0.3) is 0 Å². The zero-order valence-electron chi connectivity index (χ0n) is 12.8. The molecule has 8 nitrogen and oxygen atoms in total. The molecule has 0 atom stereocenters. The van der Waals surface area contributed by atoms with Gasteiger partial charge in [-0.2, -0.15) is 0 Å². The number of hydrogen-bond donors (Lipinski definition) is 5. The van der Waals surface area contributed by atoms with Crippen molar-refractivity contribution >= 4 is 36.9 Å². The summed E-state index contributed by atoms with van der Waals surface area (Å²) in [4.78, 5) is 34.2. The van der Waals surface area contributed by atoms with Crippen molar-refractivity contribution in [2.45, 2.75) is 22.6 Å². The first-order valence-corrected chi connectivity index (χ1v) is 9.43. The van der Waals surface area contributed by atoms with Gasteiger partial charge >= 0.3 is 13.8 Å². The van der Waals surface area contributed by atoms with Crippen LogP contribution >= 0.6 is 19.6 Å². The lowest BCUT2D eigenvalue weighted by atomic mass is 10.1. The van der Waals surface area contributed by atoms with E-state index in [4.69, 9.17) is 24.4 Å². The molecule has 0 radical (unpaired) electrons. The number of para-hydroxylation sites is 2. The van der Waals surface area contributed by atoms with Crippen LogP contribution in [0.4, 0.5) is 11.4 Å². The highest BCUT2D eigenvalue weighted by Gasteiger charge is 2.24. The zero-order valence-corrected chi connectivity index (χ0v) is 14.5. The van der Waals surface area contributed by atoms with E-state index in [0.717, 1.165) is 21.0 Å². The summed E-state index contributed by atoms with van der Waals surface area (Å²) in [5, 5.41) is 20.4. The number of carboxylic acid groups (broad SMARTS) is 1. The van der Waals surface area contributed by atoms with Gasteiger partial charge in [-0.05, 0) is 30.2 Å². The lowest BCUT2D eigenvalue weighted by Gasteiger charge is -2.29. The minimum atomic E-state index is -4.64. The Kier molecular flexibility index (Phi) is 6.23. The number of hydrogen-bond acceptors (Lipinski definition) is 5. The summed E-state index contributed by atoms with van der Waals surface area (Å²) < 4.78 is 8.88. The SMILES string of the molecule is O=C(O)CCc1cccc2c1N(O)c1ccccc1S2.O=P(O)(O)O. The Morgan fingerprint density at radius 2 is 1.64 bits per heavy atom.